The second kappa shape index (κ2) is 5.46. The first-order chi connectivity index (χ1) is 9.31. The number of aryl methyl sites for hydroxylation is 1. The molecule has 6 heteroatoms. The summed E-state index contributed by atoms with van der Waals surface area (Å²) in [6.45, 7) is 3.68. The fraction of sp³-hybridized carbons (Fsp3) is 0.143. The number of hydrogen-bond acceptors (Lipinski definition) is 3. The quantitative estimate of drug-likeness (QED) is 0.829. The molecule has 0 saturated carbocycles. The third-order valence-corrected chi connectivity index (χ3v) is 5.01. The minimum absolute atomic E-state index is 0.208. The van der Waals surface area contributed by atoms with E-state index in [-0.39, 0.29) is 4.90 Å². The van der Waals surface area contributed by atoms with Crippen molar-refractivity contribution in [1.29, 1.82) is 0 Å². The zero-order chi connectivity index (χ0) is 14.9. The van der Waals surface area contributed by atoms with Crippen LogP contribution in [-0.2, 0) is 10.0 Å². The third-order valence-electron chi connectivity index (χ3n) is 3.10. The van der Waals surface area contributed by atoms with E-state index in [2.05, 4.69) is 20.7 Å². The summed E-state index contributed by atoms with van der Waals surface area (Å²) in [5, 5.41) is 0. The Bertz CT molecular complexity index is 741. The average molecular weight is 355 g/mol. The van der Waals surface area contributed by atoms with Gasteiger partial charge in [-0.15, -0.1) is 0 Å². The molecule has 0 radical (unpaired) electrons. The lowest BCUT2D eigenvalue weighted by molar-refractivity contribution is 0.601. The summed E-state index contributed by atoms with van der Waals surface area (Å²) in [6, 6.07) is 9.97. The SMILES string of the molecule is Cc1ccc(NS(=O)(=O)c2ccc(Br)cc2)c(C)c1N. The van der Waals surface area contributed by atoms with Gasteiger partial charge >= 0.3 is 0 Å². The van der Waals surface area contributed by atoms with Crippen LogP contribution < -0.4 is 10.5 Å². The van der Waals surface area contributed by atoms with Crippen molar-refractivity contribution in [3.63, 3.8) is 0 Å². The third kappa shape index (κ3) is 2.96. The summed E-state index contributed by atoms with van der Waals surface area (Å²) in [5.74, 6) is 0. The maximum absolute atomic E-state index is 12.3. The number of benzene rings is 2. The molecule has 0 aliphatic carbocycles. The molecule has 0 fully saturated rings. The maximum Gasteiger partial charge on any atom is 0.261 e. The average Bonchev–Trinajstić information content (AvgIpc) is 2.40. The summed E-state index contributed by atoms with van der Waals surface area (Å²) in [5.41, 5.74) is 8.67. The molecule has 0 unspecified atom stereocenters. The molecule has 106 valence electrons. The predicted molar refractivity (Wildman–Crippen MR) is 85.3 cm³/mol. The number of halogens is 1. The van der Waals surface area contributed by atoms with Gasteiger partial charge in [-0.2, -0.15) is 0 Å². The van der Waals surface area contributed by atoms with Crippen LogP contribution in [0.4, 0.5) is 11.4 Å². The monoisotopic (exact) mass is 354 g/mol. The van der Waals surface area contributed by atoms with Gasteiger partial charge in [-0.1, -0.05) is 22.0 Å². The predicted octanol–water partition coefficient (Wildman–Crippen LogP) is 3.45. The van der Waals surface area contributed by atoms with Crippen LogP contribution in [0.1, 0.15) is 11.1 Å². The molecule has 0 amide bonds. The number of nitrogens with two attached hydrogens (primary N) is 1. The van der Waals surface area contributed by atoms with E-state index < -0.39 is 10.0 Å². The minimum Gasteiger partial charge on any atom is -0.398 e. The standard InChI is InChI=1S/C14H15BrN2O2S/c1-9-3-8-13(10(2)14(9)16)17-20(18,19)12-6-4-11(15)5-7-12/h3-8,17H,16H2,1-2H3. The van der Waals surface area contributed by atoms with Crippen LogP contribution in [0.5, 0.6) is 0 Å². The Labute approximate surface area is 127 Å². The minimum atomic E-state index is -3.61. The molecule has 0 bridgehead atoms. The Morgan fingerprint density at radius 3 is 2.25 bits per heavy atom. The first-order valence-electron chi connectivity index (χ1n) is 5.95. The first kappa shape index (κ1) is 14.9. The fourth-order valence-electron chi connectivity index (χ4n) is 1.79. The molecule has 20 heavy (non-hydrogen) atoms. The molecule has 2 rings (SSSR count). The van der Waals surface area contributed by atoms with E-state index >= 15 is 0 Å². The lowest BCUT2D eigenvalue weighted by Crippen LogP contribution is -2.14. The van der Waals surface area contributed by atoms with Crippen molar-refractivity contribution >= 4 is 37.3 Å². The van der Waals surface area contributed by atoms with Gasteiger partial charge in [0.2, 0.25) is 0 Å². The van der Waals surface area contributed by atoms with Crippen molar-refractivity contribution in [1.82, 2.24) is 0 Å². The summed E-state index contributed by atoms with van der Waals surface area (Å²) < 4.78 is 28.0. The van der Waals surface area contributed by atoms with Gasteiger partial charge in [-0.25, -0.2) is 8.42 Å². The molecule has 2 aromatic carbocycles. The molecule has 0 aromatic heterocycles. The van der Waals surface area contributed by atoms with Gasteiger partial charge in [0.15, 0.2) is 0 Å². The van der Waals surface area contributed by atoms with Crippen molar-refractivity contribution in [3.8, 4) is 0 Å². The molecular formula is C14H15BrN2O2S. The van der Waals surface area contributed by atoms with E-state index in [9.17, 15) is 8.42 Å². The van der Waals surface area contributed by atoms with Crippen LogP contribution in [0.25, 0.3) is 0 Å². The number of sulfonamides is 1. The van der Waals surface area contributed by atoms with Gasteiger partial charge in [0.05, 0.1) is 10.6 Å². The van der Waals surface area contributed by atoms with E-state index in [1.165, 1.54) is 0 Å². The van der Waals surface area contributed by atoms with Crippen molar-refractivity contribution < 1.29 is 8.42 Å². The molecule has 0 spiro atoms. The molecular weight excluding hydrogens is 340 g/mol. The van der Waals surface area contributed by atoms with E-state index in [0.29, 0.717) is 11.4 Å². The smallest absolute Gasteiger partial charge is 0.261 e. The van der Waals surface area contributed by atoms with Crippen molar-refractivity contribution in [3.05, 3.63) is 52.0 Å². The summed E-state index contributed by atoms with van der Waals surface area (Å²) >= 11 is 3.28. The highest BCUT2D eigenvalue weighted by Gasteiger charge is 2.16. The molecule has 0 heterocycles. The van der Waals surface area contributed by atoms with Gasteiger partial charge in [0, 0.05) is 10.2 Å². The molecule has 2 aromatic rings. The second-order valence-electron chi connectivity index (χ2n) is 4.53. The highest BCUT2D eigenvalue weighted by molar-refractivity contribution is 9.10. The molecule has 0 aliphatic heterocycles. The van der Waals surface area contributed by atoms with Gasteiger partial charge < -0.3 is 5.73 Å². The number of nitrogens with one attached hydrogen (secondary N) is 1. The van der Waals surface area contributed by atoms with Crippen molar-refractivity contribution in [2.45, 2.75) is 18.7 Å². The molecule has 3 N–H and O–H groups in total. The highest BCUT2D eigenvalue weighted by atomic mass is 79.9. The van der Waals surface area contributed by atoms with Gasteiger partial charge in [0.1, 0.15) is 0 Å². The Morgan fingerprint density at radius 2 is 1.65 bits per heavy atom. The molecule has 0 saturated heterocycles. The molecule has 0 atom stereocenters. The Morgan fingerprint density at radius 1 is 1.05 bits per heavy atom. The molecule has 0 aliphatic rings. The van der Waals surface area contributed by atoms with Gasteiger partial charge in [-0.3, -0.25) is 4.72 Å². The number of hydrogen-bond donors (Lipinski definition) is 2. The fourth-order valence-corrected chi connectivity index (χ4v) is 3.18. The molecule has 4 nitrogen and oxygen atoms in total. The highest BCUT2D eigenvalue weighted by Crippen LogP contribution is 2.26. The number of anilines is 2. The lowest BCUT2D eigenvalue weighted by atomic mass is 10.1. The van der Waals surface area contributed by atoms with E-state index in [1.807, 2.05) is 6.92 Å². The van der Waals surface area contributed by atoms with Crippen molar-refractivity contribution in [2.24, 2.45) is 0 Å². The van der Waals surface area contributed by atoms with Crippen molar-refractivity contribution in [2.75, 3.05) is 10.5 Å². The zero-order valence-corrected chi connectivity index (χ0v) is 13.5. The van der Waals surface area contributed by atoms with Crippen LogP contribution in [0.3, 0.4) is 0 Å². The lowest BCUT2D eigenvalue weighted by Gasteiger charge is -2.13. The Hall–Kier alpha value is -1.53. The van der Waals surface area contributed by atoms with Gasteiger partial charge in [0.25, 0.3) is 10.0 Å². The van der Waals surface area contributed by atoms with Crippen LogP contribution in [0, 0.1) is 13.8 Å². The van der Waals surface area contributed by atoms with E-state index in [4.69, 9.17) is 5.73 Å². The number of nitrogen functional groups attached to an aromatic ring is 1. The van der Waals surface area contributed by atoms with Crippen LogP contribution in [0.15, 0.2) is 45.8 Å². The maximum atomic E-state index is 12.3. The first-order valence-corrected chi connectivity index (χ1v) is 8.23. The Balaban J connectivity index is 2.38. The van der Waals surface area contributed by atoms with E-state index in [1.54, 1.807) is 43.3 Å². The van der Waals surface area contributed by atoms with Crippen LogP contribution in [-0.4, -0.2) is 8.42 Å². The summed E-state index contributed by atoms with van der Waals surface area (Å²) in [6.07, 6.45) is 0. The van der Waals surface area contributed by atoms with Gasteiger partial charge in [-0.05, 0) is 55.3 Å². The van der Waals surface area contributed by atoms with E-state index in [0.717, 1.165) is 15.6 Å². The topological polar surface area (TPSA) is 72.2 Å². The van der Waals surface area contributed by atoms with Crippen LogP contribution >= 0.6 is 15.9 Å². The Kier molecular flexibility index (Phi) is 4.06. The summed E-state index contributed by atoms with van der Waals surface area (Å²) in [4.78, 5) is 0.208. The van der Waals surface area contributed by atoms with Crippen LogP contribution in [0.2, 0.25) is 0 Å². The zero-order valence-electron chi connectivity index (χ0n) is 11.1. The largest absolute Gasteiger partial charge is 0.398 e. The summed E-state index contributed by atoms with van der Waals surface area (Å²) in [7, 11) is -3.61. The number of rotatable bonds is 3. The normalized spacial score (nSPS) is 11.3. The second-order valence-corrected chi connectivity index (χ2v) is 7.13.